The maximum atomic E-state index is 12.3. The zero-order valence-electron chi connectivity index (χ0n) is 14.4. The molecule has 3 aromatic rings. The normalized spacial score (nSPS) is 10.7. The summed E-state index contributed by atoms with van der Waals surface area (Å²) in [4.78, 5) is 12.3. The Morgan fingerprint density at radius 3 is 2.89 bits per heavy atom. The van der Waals surface area contributed by atoms with E-state index in [9.17, 15) is 4.79 Å². The van der Waals surface area contributed by atoms with E-state index in [-0.39, 0.29) is 11.7 Å². The molecular weight excluding hydrogens is 409 g/mol. The topological polar surface area (TPSA) is 81.9 Å². The van der Waals surface area contributed by atoms with Crippen molar-refractivity contribution < 1.29 is 9.53 Å². The van der Waals surface area contributed by atoms with Gasteiger partial charge in [0.1, 0.15) is 11.4 Å². The quantitative estimate of drug-likeness (QED) is 0.602. The summed E-state index contributed by atoms with van der Waals surface area (Å²) >= 11 is 13.2. The summed E-state index contributed by atoms with van der Waals surface area (Å²) in [5.41, 5.74) is 2.18. The van der Waals surface area contributed by atoms with E-state index in [2.05, 4.69) is 20.8 Å². The first-order valence-corrected chi connectivity index (χ1v) is 9.54. The number of hydrogen-bond acceptors (Lipinski definition) is 6. The molecular formula is C17H15Cl2N5O2S. The highest BCUT2D eigenvalue weighted by Crippen LogP contribution is 2.30. The number of benzene rings is 2. The van der Waals surface area contributed by atoms with Crippen LogP contribution in [0, 0.1) is 6.92 Å². The predicted molar refractivity (Wildman–Crippen MR) is 106 cm³/mol. The van der Waals surface area contributed by atoms with Gasteiger partial charge >= 0.3 is 0 Å². The lowest BCUT2D eigenvalue weighted by Crippen LogP contribution is -2.15. The van der Waals surface area contributed by atoms with Crippen LogP contribution in [0.2, 0.25) is 10.0 Å². The molecule has 0 unspecified atom stereocenters. The maximum absolute atomic E-state index is 12.3. The second-order valence-electron chi connectivity index (χ2n) is 5.49. The first-order valence-electron chi connectivity index (χ1n) is 7.79. The highest BCUT2D eigenvalue weighted by Gasteiger charge is 2.16. The van der Waals surface area contributed by atoms with Crippen molar-refractivity contribution >= 4 is 46.6 Å². The lowest BCUT2D eigenvalue weighted by atomic mass is 10.2. The lowest BCUT2D eigenvalue weighted by Gasteiger charge is -2.10. The molecule has 1 heterocycles. The number of nitrogens with one attached hydrogen (secondary N) is 1. The number of anilines is 1. The van der Waals surface area contributed by atoms with Crippen molar-refractivity contribution in [2.75, 3.05) is 18.2 Å². The van der Waals surface area contributed by atoms with Crippen LogP contribution in [0.4, 0.5) is 5.69 Å². The number of carbonyl (C=O) groups excluding carboxylic acids is 1. The third-order valence-corrected chi connectivity index (χ3v) is 5.30. The number of aryl methyl sites for hydroxylation is 1. The number of methoxy groups -OCH3 is 1. The summed E-state index contributed by atoms with van der Waals surface area (Å²) < 4.78 is 6.91. The van der Waals surface area contributed by atoms with Crippen molar-refractivity contribution in [3.05, 3.63) is 52.0 Å². The Bertz CT molecular complexity index is 980. The first-order chi connectivity index (χ1) is 13.0. The molecule has 0 saturated carbocycles. The zero-order valence-corrected chi connectivity index (χ0v) is 16.8. The molecule has 0 atom stereocenters. The molecule has 1 amide bonds. The van der Waals surface area contributed by atoms with Gasteiger partial charge in [-0.05, 0) is 47.2 Å². The molecule has 3 rings (SSSR count). The number of aromatic nitrogens is 4. The highest BCUT2D eigenvalue weighted by molar-refractivity contribution is 7.99. The van der Waals surface area contributed by atoms with Crippen LogP contribution in [0.25, 0.3) is 5.69 Å². The number of carbonyl (C=O) groups is 1. The molecule has 27 heavy (non-hydrogen) atoms. The van der Waals surface area contributed by atoms with Gasteiger partial charge in [-0.3, -0.25) is 4.79 Å². The Labute approximate surface area is 170 Å². The minimum atomic E-state index is -0.255. The number of nitrogens with zero attached hydrogens (tertiary/aromatic N) is 4. The number of amides is 1. The first kappa shape index (κ1) is 19.5. The molecule has 0 fully saturated rings. The van der Waals surface area contributed by atoms with Crippen LogP contribution >= 0.6 is 35.0 Å². The van der Waals surface area contributed by atoms with Crippen molar-refractivity contribution in [2.45, 2.75) is 12.1 Å². The summed E-state index contributed by atoms with van der Waals surface area (Å²) in [5, 5.41) is 15.6. The van der Waals surface area contributed by atoms with Gasteiger partial charge < -0.3 is 10.1 Å². The molecule has 0 saturated heterocycles. The summed E-state index contributed by atoms with van der Waals surface area (Å²) in [5.74, 6) is 0.469. The second kappa shape index (κ2) is 8.60. The van der Waals surface area contributed by atoms with E-state index >= 15 is 0 Å². The van der Waals surface area contributed by atoms with Crippen molar-refractivity contribution in [1.82, 2.24) is 20.2 Å². The van der Waals surface area contributed by atoms with E-state index in [1.54, 1.807) is 25.3 Å². The molecule has 0 bridgehead atoms. The molecule has 0 aliphatic heterocycles. The van der Waals surface area contributed by atoms with Crippen LogP contribution in [0.15, 0.2) is 41.6 Å². The Hall–Kier alpha value is -2.29. The summed E-state index contributed by atoms with van der Waals surface area (Å²) in [6, 6.07) is 10.7. The van der Waals surface area contributed by atoms with Gasteiger partial charge in [0.05, 0.1) is 28.6 Å². The van der Waals surface area contributed by atoms with Gasteiger partial charge in [0.25, 0.3) is 0 Å². The molecule has 0 aliphatic rings. The number of rotatable bonds is 6. The standard InChI is InChI=1S/C17H15Cl2N5O2S/c1-10-6-7-14(26-2)13(8-10)24-17(21-22-23-24)27-9-15(25)20-12-5-3-4-11(18)16(12)19/h3-8H,9H2,1-2H3,(H,20,25). The monoisotopic (exact) mass is 423 g/mol. The van der Waals surface area contributed by atoms with Gasteiger partial charge in [-0.25, -0.2) is 0 Å². The summed E-state index contributed by atoms with van der Waals surface area (Å²) in [6.07, 6.45) is 0. The van der Waals surface area contributed by atoms with Crippen LogP contribution in [0.1, 0.15) is 5.56 Å². The van der Waals surface area contributed by atoms with Crippen LogP contribution < -0.4 is 10.1 Å². The molecule has 10 heteroatoms. The van der Waals surface area contributed by atoms with Gasteiger partial charge in [0, 0.05) is 0 Å². The molecule has 2 aromatic carbocycles. The van der Waals surface area contributed by atoms with Crippen molar-refractivity contribution in [3.63, 3.8) is 0 Å². The largest absolute Gasteiger partial charge is 0.494 e. The molecule has 0 spiro atoms. The fourth-order valence-corrected chi connectivity index (χ4v) is 3.33. The number of thioether (sulfide) groups is 1. The van der Waals surface area contributed by atoms with Crippen LogP contribution in [0.3, 0.4) is 0 Å². The van der Waals surface area contributed by atoms with Gasteiger partial charge in [-0.2, -0.15) is 4.68 Å². The molecule has 0 radical (unpaired) electrons. The average Bonchev–Trinajstić information content (AvgIpc) is 3.12. The Kier molecular flexibility index (Phi) is 6.20. The van der Waals surface area contributed by atoms with Crippen LogP contribution in [-0.4, -0.2) is 39.0 Å². The van der Waals surface area contributed by atoms with Crippen molar-refractivity contribution in [1.29, 1.82) is 0 Å². The highest BCUT2D eigenvalue weighted by atomic mass is 35.5. The van der Waals surface area contributed by atoms with Gasteiger partial charge in [-0.1, -0.05) is 47.1 Å². The van der Waals surface area contributed by atoms with Crippen LogP contribution in [-0.2, 0) is 4.79 Å². The number of halogens is 2. The van der Waals surface area contributed by atoms with Crippen molar-refractivity contribution in [3.8, 4) is 11.4 Å². The van der Waals surface area contributed by atoms with E-state index in [4.69, 9.17) is 27.9 Å². The van der Waals surface area contributed by atoms with E-state index < -0.39 is 0 Å². The molecule has 1 aromatic heterocycles. The fraction of sp³-hybridized carbons (Fsp3) is 0.176. The third-order valence-electron chi connectivity index (χ3n) is 3.56. The van der Waals surface area contributed by atoms with E-state index in [1.807, 2.05) is 25.1 Å². The minimum absolute atomic E-state index is 0.0946. The number of hydrogen-bond donors (Lipinski definition) is 1. The van der Waals surface area contributed by atoms with Crippen LogP contribution in [0.5, 0.6) is 5.75 Å². The molecule has 140 valence electrons. The van der Waals surface area contributed by atoms with E-state index in [0.717, 1.165) is 5.56 Å². The SMILES string of the molecule is COc1ccc(C)cc1-n1nnnc1SCC(=O)Nc1cccc(Cl)c1Cl. The smallest absolute Gasteiger partial charge is 0.234 e. The second-order valence-corrected chi connectivity index (χ2v) is 7.21. The van der Waals surface area contributed by atoms with E-state index in [0.29, 0.717) is 32.3 Å². The molecule has 0 aliphatic carbocycles. The Morgan fingerprint density at radius 1 is 1.30 bits per heavy atom. The number of ether oxygens (including phenoxy) is 1. The molecule has 1 N–H and O–H groups in total. The number of tetrazole rings is 1. The van der Waals surface area contributed by atoms with Gasteiger partial charge in [-0.15, -0.1) is 5.10 Å². The third kappa shape index (κ3) is 4.52. The summed E-state index contributed by atoms with van der Waals surface area (Å²) in [6.45, 7) is 1.96. The molecule has 7 nitrogen and oxygen atoms in total. The minimum Gasteiger partial charge on any atom is -0.494 e. The lowest BCUT2D eigenvalue weighted by molar-refractivity contribution is -0.113. The maximum Gasteiger partial charge on any atom is 0.234 e. The zero-order chi connectivity index (χ0) is 19.4. The van der Waals surface area contributed by atoms with E-state index in [1.165, 1.54) is 16.4 Å². The Morgan fingerprint density at radius 2 is 2.11 bits per heavy atom. The Balaban J connectivity index is 1.73. The van der Waals surface area contributed by atoms with Crippen molar-refractivity contribution in [2.24, 2.45) is 0 Å². The fourth-order valence-electron chi connectivity index (χ4n) is 2.30. The van der Waals surface area contributed by atoms with Gasteiger partial charge in [0.2, 0.25) is 11.1 Å². The average molecular weight is 424 g/mol. The summed E-state index contributed by atoms with van der Waals surface area (Å²) in [7, 11) is 1.58. The van der Waals surface area contributed by atoms with Gasteiger partial charge in [0.15, 0.2) is 0 Å². The predicted octanol–water partition coefficient (Wildman–Crippen LogP) is 4.02.